The molecule has 1 atom stereocenters. The molecule has 5 rings (SSSR count). The first-order valence-corrected chi connectivity index (χ1v) is 15.0. The zero-order chi connectivity index (χ0) is 26.4. The van der Waals surface area contributed by atoms with E-state index < -0.39 is 15.5 Å². The van der Waals surface area contributed by atoms with Gasteiger partial charge in [0.15, 0.2) is 0 Å². The average Bonchev–Trinajstić information content (AvgIpc) is 3.36. The molecule has 1 N–H and O–H groups in total. The third kappa shape index (κ3) is 6.06. The number of nitrogens with zero attached hydrogens (tertiary/aromatic N) is 4. The van der Waals surface area contributed by atoms with Gasteiger partial charge in [-0.25, -0.2) is 9.97 Å². The fraction of sp³-hybridized carbons (Fsp3) is 0.571. The highest BCUT2D eigenvalue weighted by atomic mass is 32.2. The maximum atomic E-state index is 13.1. The van der Waals surface area contributed by atoms with E-state index in [1.165, 1.54) is 0 Å². The summed E-state index contributed by atoms with van der Waals surface area (Å²) in [4.78, 5) is 18.0. The number of fused-ring (bicyclic) bond motifs is 1. The maximum absolute atomic E-state index is 13.1. The van der Waals surface area contributed by atoms with Gasteiger partial charge in [0.1, 0.15) is 5.82 Å². The normalized spacial score (nSPS) is 18.5. The molecule has 0 amide bonds. The number of anilines is 1. The largest absolute Gasteiger partial charge is 0.381 e. The van der Waals surface area contributed by atoms with E-state index in [2.05, 4.69) is 53.0 Å². The number of rotatable bonds is 7. The van der Waals surface area contributed by atoms with Gasteiger partial charge in [-0.1, -0.05) is 20.8 Å². The Bertz CT molecular complexity index is 1200. The van der Waals surface area contributed by atoms with Crippen LogP contribution >= 0.6 is 0 Å². The molecule has 2 aliphatic rings. The SMILES string of the molecule is CC.CCN(C)Cc1cc2nc(-c3cc(C4(S(C)=O)CCOCC4)cc(N4CCOCC4)n3)ccc2[nH]1. The molecule has 0 saturated carbocycles. The summed E-state index contributed by atoms with van der Waals surface area (Å²) in [6.45, 7) is 12.2. The van der Waals surface area contributed by atoms with E-state index in [1.54, 1.807) is 0 Å². The minimum absolute atomic E-state index is 0.437. The van der Waals surface area contributed by atoms with Crippen molar-refractivity contribution in [2.24, 2.45) is 0 Å². The van der Waals surface area contributed by atoms with Crippen LogP contribution in [0.15, 0.2) is 30.3 Å². The van der Waals surface area contributed by atoms with Crippen molar-refractivity contribution in [3.05, 3.63) is 41.6 Å². The van der Waals surface area contributed by atoms with Crippen LogP contribution in [0, 0.1) is 0 Å². The van der Waals surface area contributed by atoms with Gasteiger partial charge in [0.05, 0.1) is 40.4 Å². The van der Waals surface area contributed by atoms with Crippen LogP contribution < -0.4 is 4.90 Å². The Morgan fingerprint density at radius 2 is 1.73 bits per heavy atom. The summed E-state index contributed by atoms with van der Waals surface area (Å²) in [6.07, 6.45) is 3.29. The van der Waals surface area contributed by atoms with Crippen molar-refractivity contribution in [3.63, 3.8) is 0 Å². The second-order valence-electron chi connectivity index (χ2n) is 9.51. The number of aromatic nitrogens is 3. The molecule has 2 fully saturated rings. The summed E-state index contributed by atoms with van der Waals surface area (Å²) in [6, 6.07) is 10.5. The average molecular weight is 528 g/mol. The summed E-state index contributed by atoms with van der Waals surface area (Å²) in [5, 5.41) is 0. The first-order valence-electron chi connectivity index (χ1n) is 13.4. The summed E-state index contributed by atoms with van der Waals surface area (Å²) < 4.78 is 23.9. The Kier molecular flexibility index (Phi) is 9.34. The highest BCUT2D eigenvalue weighted by molar-refractivity contribution is 7.85. The predicted molar refractivity (Wildman–Crippen MR) is 152 cm³/mol. The molecule has 37 heavy (non-hydrogen) atoms. The van der Waals surface area contributed by atoms with E-state index in [0.29, 0.717) is 26.4 Å². The lowest BCUT2D eigenvalue weighted by molar-refractivity contribution is 0.0756. The zero-order valence-electron chi connectivity index (χ0n) is 22.9. The molecule has 1 unspecified atom stereocenters. The molecule has 9 heteroatoms. The van der Waals surface area contributed by atoms with Crippen LogP contribution in [0.1, 0.15) is 44.9 Å². The number of ether oxygens (including phenoxy) is 2. The Morgan fingerprint density at radius 1 is 1.03 bits per heavy atom. The summed E-state index contributed by atoms with van der Waals surface area (Å²) in [7, 11) is 1.06. The number of nitrogens with one attached hydrogen (secondary N) is 1. The van der Waals surface area contributed by atoms with Crippen molar-refractivity contribution < 1.29 is 13.7 Å². The highest BCUT2D eigenvalue weighted by Crippen LogP contribution is 2.40. The van der Waals surface area contributed by atoms with Crippen molar-refractivity contribution in [1.82, 2.24) is 19.9 Å². The lowest BCUT2D eigenvalue weighted by Crippen LogP contribution is -2.39. The Hall–Kier alpha value is -2.33. The summed E-state index contributed by atoms with van der Waals surface area (Å²) in [5.74, 6) is 0.901. The smallest absolute Gasteiger partial charge is 0.129 e. The quantitative estimate of drug-likeness (QED) is 0.490. The van der Waals surface area contributed by atoms with Gasteiger partial charge in [-0.3, -0.25) is 4.21 Å². The molecule has 3 aromatic rings. The number of hydrogen-bond acceptors (Lipinski definition) is 7. The summed E-state index contributed by atoms with van der Waals surface area (Å²) in [5.41, 5.74) is 5.81. The van der Waals surface area contributed by atoms with E-state index in [1.807, 2.05) is 26.2 Å². The molecule has 2 saturated heterocycles. The molecule has 3 aromatic heterocycles. The topological polar surface area (TPSA) is 83.6 Å². The van der Waals surface area contributed by atoms with E-state index in [-0.39, 0.29) is 0 Å². The van der Waals surface area contributed by atoms with Crippen molar-refractivity contribution in [3.8, 4) is 11.4 Å². The lowest BCUT2D eigenvalue weighted by Gasteiger charge is -2.37. The third-order valence-electron chi connectivity index (χ3n) is 7.30. The molecule has 0 radical (unpaired) electrons. The predicted octanol–water partition coefficient (Wildman–Crippen LogP) is 4.32. The van der Waals surface area contributed by atoms with Crippen molar-refractivity contribution in [2.75, 3.05) is 64.3 Å². The van der Waals surface area contributed by atoms with Gasteiger partial charge in [-0.2, -0.15) is 0 Å². The third-order valence-corrected chi connectivity index (χ3v) is 9.04. The first kappa shape index (κ1) is 27.7. The lowest BCUT2D eigenvalue weighted by atomic mass is 9.90. The Morgan fingerprint density at radius 3 is 2.41 bits per heavy atom. The Labute approximate surface area is 223 Å². The van der Waals surface area contributed by atoms with Gasteiger partial charge in [0.2, 0.25) is 0 Å². The standard InChI is InChI=1S/C26H35N5O3S.C2H6/c1-4-30(2)18-20-17-24-21(27-20)5-6-22(28-24)23-15-19(26(35(3)32)7-11-33-12-8-26)16-25(29-23)31-9-13-34-14-10-31;1-2/h5-6,15-17,27H,4,7-14,18H2,1-3H3;1-2H3. The van der Waals surface area contributed by atoms with Crippen LogP contribution in [-0.4, -0.2) is 83.4 Å². The van der Waals surface area contributed by atoms with E-state index >= 15 is 0 Å². The molecule has 202 valence electrons. The Balaban J connectivity index is 0.00000156. The van der Waals surface area contributed by atoms with Crippen LogP contribution in [0.25, 0.3) is 22.4 Å². The minimum Gasteiger partial charge on any atom is -0.381 e. The first-order chi connectivity index (χ1) is 18.0. The number of hydrogen-bond donors (Lipinski definition) is 1. The second-order valence-corrected chi connectivity index (χ2v) is 11.2. The summed E-state index contributed by atoms with van der Waals surface area (Å²) >= 11 is 0. The number of aromatic amines is 1. The van der Waals surface area contributed by atoms with Crippen LogP contribution in [0.2, 0.25) is 0 Å². The molecule has 2 aliphatic heterocycles. The van der Waals surface area contributed by atoms with Crippen LogP contribution in [0.5, 0.6) is 0 Å². The second kappa shape index (κ2) is 12.5. The number of H-pyrrole nitrogens is 1. The van der Waals surface area contributed by atoms with Crippen LogP contribution in [0.4, 0.5) is 5.82 Å². The molecular formula is C28H41N5O3S. The van der Waals surface area contributed by atoms with E-state index in [9.17, 15) is 4.21 Å². The van der Waals surface area contributed by atoms with Gasteiger partial charge in [-0.15, -0.1) is 0 Å². The zero-order valence-corrected chi connectivity index (χ0v) is 23.7. The van der Waals surface area contributed by atoms with E-state index in [4.69, 9.17) is 19.4 Å². The molecule has 0 aliphatic carbocycles. The van der Waals surface area contributed by atoms with E-state index in [0.717, 1.165) is 78.5 Å². The highest BCUT2D eigenvalue weighted by Gasteiger charge is 2.39. The fourth-order valence-corrected chi connectivity index (χ4v) is 6.19. The molecule has 0 spiro atoms. The minimum atomic E-state index is -1.05. The molecular weight excluding hydrogens is 486 g/mol. The molecule has 0 bridgehead atoms. The van der Waals surface area contributed by atoms with Crippen LogP contribution in [-0.2, 0) is 31.6 Å². The maximum Gasteiger partial charge on any atom is 0.129 e. The molecule has 5 heterocycles. The van der Waals surface area contributed by atoms with Gasteiger partial charge >= 0.3 is 0 Å². The van der Waals surface area contributed by atoms with Crippen molar-refractivity contribution in [1.29, 1.82) is 0 Å². The van der Waals surface area contributed by atoms with Gasteiger partial charge < -0.3 is 24.3 Å². The number of morpholine rings is 1. The van der Waals surface area contributed by atoms with Crippen molar-refractivity contribution in [2.45, 2.75) is 44.9 Å². The van der Waals surface area contributed by atoms with Crippen LogP contribution in [0.3, 0.4) is 0 Å². The number of pyridine rings is 2. The molecule has 8 nitrogen and oxygen atoms in total. The van der Waals surface area contributed by atoms with Crippen molar-refractivity contribution >= 4 is 27.7 Å². The fourth-order valence-electron chi connectivity index (χ4n) is 5.00. The molecule has 0 aromatic carbocycles. The monoisotopic (exact) mass is 527 g/mol. The van der Waals surface area contributed by atoms with Gasteiger partial charge in [-0.05, 0) is 62.3 Å². The van der Waals surface area contributed by atoms with Gasteiger partial charge in [0.25, 0.3) is 0 Å². The van der Waals surface area contributed by atoms with Gasteiger partial charge in [0, 0.05) is 55.6 Å².